The second kappa shape index (κ2) is 4.21. The first-order valence-electron chi connectivity index (χ1n) is 3.73. The molecular formula is C10H10BrN. The molecule has 2 rings (SSSR count). The Labute approximate surface area is 82.6 Å². The van der Waals surface area contributed by atoms with Crippen molar-refractivity contribution in [2.45, 2.75) is 6.42 Å². The van der Waals surface area contributed by atoms with E-state index in [0.717, 1.165) is 6.42 Å². The Kier molecular flexibility index (Phi) is 3.23. The molecule has 0 radical (unpaired) electrons. The summed E-state index contributed by atoms with van der Waals surface area (Å²) in [6.07, 6.45) is 6.76. The zero-order chi connectivity index (χ0) is 7.52. The molecule has 0 aliphatic carbocycles. The first-order chi connectivity index (χ1) is 5.47. The lowest BCUT2D eigenvalue weighted by Crippen LogP contribution is -1.87. The van der Waals surface area contributed by atoms with E-state index in [4.69, 9.17) is 0 Å². The summed E-state index contributed by atoms with van der Waals surface area (Å²) in [7, 11) is 0. The number of hydrogen-bond donors (Lipinski definition) is 0. The lowest BCUT2D eigenvalue weighted by atomic mass is 10.1. The number of fused-ring (bicyclic) bond motifs is 1. The minimum atomic E-state index is 0. The molecule has 0 fully saturated rings. The lowest BCUT2D eigenvalue weighted by molar-refractivity contribution is 1.35. The smallest absolute Gasteiger partial charge is 0.0270 e. The highest BCUT2D eigenvalue weighted by molar-refractivity contribution is 8.93. The van der Waals surface area contributed by atoms with Crippen molar-refractivity contribution >= 4 is 29.3 Å². The van der Waals surface area contributed by atoms with Gasteiger partial charge in [0.1, 0.15) is 0 Å². The molecule has 2 heteroatoms. The van der Waals surface area contributed by atoms with Crippen LogP contribution in [0.3, 0.4) is 0 Å². The predicted octanol–water partition coefficient (Wildman–Crippen LogP) is 2.86. The Morgan fingerprint density at radius 2 is 2.00 bits per heavy atom. The second-order valence-electron chi connectivity index (χ2n) is 2.55. The normalized spacial score (nSPS) is 13.0. The fourth-order valence-corrected chi connectivity index (χ4v) is 1.22. The third-order valence-electron chi connectivity index (χ3n) is 1.81. The van der Waals surface area contributed by atoms with E-state index in [-0.39, 0.29) is 17.0 Å². The number of aliphatic imine (C=N–C) groups is 1. The maximum atomic E-state index is 4.08. The van der Waals surface area contributed by atoms with Gasteiger partial charge in [0, 0.05) is 18.8 Å². The lowest BCUT2D eigenvalue weighted by Gasteiger charge is -1.98. The molecule has 12 heavy (non-hydrogen) atoms. The maximum absolute atomic E-state index is 4.08. The van der Waals surface area contributed by atoms with Crippen molar-refractivity contribution in [1.29, 1.82) is 0 Å². The largest absolute Gasteiger partial charge is 0.269 e. The topological polar surface area (TPSA) is 12.4 Å². The van der Waals surface area contributed by atoms with Crippen molar-refractivity contribution in [1.82, 2.24) is 0 Å². The van der Waals surface area contributed by atoms with Crippen molar-refractivity contribution in [3.05, 3.63) is 41.6 Å². The second-order valence-corrected chi connectivity index (χ2v) is 2.55. The van der Waals surface area contributed by atoms with Gasteiger partial charge in [0.2, 0.25) is 0 Å². The molecule has 0 atom stereocenters. The van der Waals surface area contributed by atoms with Gasteiger partial charge in [-0.2, -0.15) is 0 Å². The Bertz CT molecular complexity index is 315. The van der Waals surface area contributed by atoms with Crippen molar-refractivity contribution in [3.63, 3.8) is 0 Å². The van der Waals surface area contributed by atoms with Crippen LogP contribution in [-0.2, 0) is 6.42 Å². The van der Waals surface area contributed by atoms with Gasteiger partial charge in [-0.3, -0.25) is 4.99 Å². The van der Waals surface area contributed by atoms with E-state index in [1.165, 1.54) is 11.1 Å². The third kappa shape index (κ3) is 1.83. The molecule has 0 saturated heterocycles. The van der Waals surface area contributed by atoms with Gasteiger partial charge in [-0.05, 0) is 17.2 Å². The molecule has 0 aromatic heterocycles. The molecule has 0 saturated carbocycles. The monoisotopic (exact) mass is 223 g/mol. The van der Waals surface area contributed by atoms with Gasteiger partial charge in [-0.1, -0.05) is 24.3 Å². The number of hydrogen-bond acceptors (Lipinski definition) is 1. The molecule has 1 nitrogen and oxygen atoms in total. The summed E-state index contributed by atoms with van der Waals surface area (Å²) < 4.78 is 0. The molecule has 62 valence electrons. The van der Waals surface area contributed by atoms with Crippen LogP contribution in [0.5, 0.6) is 0 Å². The molecule has 0 N–H and O–H groups in total. The SMILES string of the molecule is Br.C1=Cc2ccccc2CC=N1. The van der Waals surface area contributed by atoms with Crippen LogP contribution in [0.1, 0.15) is 11.1 Å². The molecule has 1 heterocycles. The minimum absolute atomic E-state index is 0. The molecule has 1 aromatic rings. The van der Waals surface area contributed by atoms with Gasteiger partial charge in [0.15, 0.2) is 0 Å². The summed E-state index contributed by atoms with van der Waals surface area (Å²) >= 11 is 0. The Morgan fingerprint density at radius 1 is 1.17 bits per heavy atom. The summed E-state index contributed by atoms with van der Waals surface area (Å²) in [5, 5.41) is 0. The van der Waals surface area contributed by atoms with Gasteiger partial charge in [-0.25, -0.2) is 0 Å². The average molecular weight is 224 g/mol. The highest BCUT2D eigenvalue weighted by atomic mass is 79.9. The van der Waals surface area contributed by atoms with Gasteiger partial charge in [-0.15, -0.1) is 17.0 Å². The van der Waals surface area contributed by atoms with Gasteiger partial charge >= 0.3 is 0 Å². The Hall–Kier alpha value is -0.890. The molecule has 1 aliphatic heterocycles. The van der Waals surface area contributed by atoms with E-state index in [1.807, 2.05) is 18.5 Å². The van der Waals surface area contributed by atoms with Crippen LogP contribution in [0.15, 0.2) is 35.5 Å². The van der Waals surface area contributed by atoms with E-state index in [1.54, 1.807) is 0 Å². The number of halogens is 1. The molecule has 0 unspecified atom stereocenters. The molecule has 0 spiro atoms. The van der Waals surface area contributed by atoms with Gasteiger partial charge in [0.25, 0.3) is 0 Å². The number of nitrogens with zero attached hydrogens (tertiary/aromatic N) is 1. The zero-order valence-electron chi connectivity index (χ0n) is 6.60. The van der Waals surface area contributed by atoms with Crippen LogP contribution in [0, 0.1) is 0 Å². The summed E-state index contributed by atoms with van der Waals surface area (Å²) in [5.74, 6) is 0. The predicted molar refractivity (Wildman–Crippen MR) is 58.0 cm³/mol. The first kappa shape index (κ1) is 9.20. The fourth-order valence-electron chi connectivity index (χ4n) is 1.22. The standard InChI is InChI=1S/C10H9N.BrH/c1-2-4-10-6-8-11-7-5-9(10)3-1;/h1-5,7-8H,6H2;1H. The average Bonchev–Trinajstić information content (AvgIpc) is 2.28. The molecule has 0 bridgehead atoms. The Balaban J connectivity index is 0.000000720. The van der Waals surface area contributed by atoms with E-state index in [9.17, 15) is 0 Å². The van der Waals surface area contributed by atoms with Gasteiger partial charge in [0.05, 0.1) is 0 Å². The van der Waals surface area contributed by atoms with Crippen molar-refractivity contribution in [2.24, 2.45) is 4.99 Å². The van der Waals surface area contributed by atoms with E-state index >= 15 is 0 Å². The molecule has 1 aliphatic rings. The fraction of sp³-hybridized carbons (Fsp3) is 0.100. The molecular weight excluding hydrogens is 214 g/mol. The van der Waals surface area contributed by atoms with Crippen LogP contribution in [0.4, 0.5) is 0 Å². The number of rotatable bonds is 0. The van der Waals surface area contributed by atoms with Crippen LogP contribution in [0.2, 0.25) is 0 Å². The van der Waals surface area contributed by atoms with Crippen LogP contribution in [-0.4, -0.2) is 6.21 Å². The quantitative estimate of drug-likeness (QED) is 0.642. The minimum Gasteiger partial charge on any atom is -0.269 e. The highest BCUT2D eigenvalue weighted by Gasteiger charge is 1.97. The first-order valence-corrected chi connectivity index (χ1v) is 3.73. The van der Waals surface area contributed by atoms with E-state index < -0.39 is 0 Å². The zero-order valence-corrected chi connectivity index (χ0v) is 8.32. The third-order valence-corrected chi connectivity index (χ3v) is 1.81. The maximum Gasteiger partial charge on any atom is 0.0270 e. The summed E-state index contributed by atoms with van der Waals surface area (Å²) in [5.41, 5.74) is 2.63. The van der Waals surface area contributed by atoms with E-state index in [0.29, 0.717) is 0 Å². The van der Waals surface area contributed by atoms with Crippen LogP contribution >= 0.6 is 17.0 Å². The van der Waals surface area contributed by atoms with E-state index in [2.05, 4.69) is 29.3 Å². The number of benzene rings is 1. The summed E-state index contributed by atoms with van der Waals surface area (Å²) in [4.78, 5) is 4.08. The van der Waals surface area contributed by atoms with Crippen LogP contribution < -0.4 is 0 Å². The summed E-state index contributed by atoms with van der Waals surface area (Å²) in [6.45, 7) is 0. The van der Waals surface area contributed by atoms with Crippen molar-refractivity contribution < 1.29 is 0 Å². The highest BCUT2D eigenvalue weighted by Crippen LogP contribution is 2.12. The van der Waals surface area contributed by atoms with Crippen molar-refractivity contribution in [2.75, 3.05) is 0 Å². The molecule has 0 amide bonds. The van der Waals surface area contributed by atoms with Crippen LogP contribution in [0.25, 0.3) is 6.08 Å². The van der Waals surface area contributed by atoms with Gasteiger partial charge < -0.3 is 0 Å². The Morgan fingerprint density at radius 3 is 2.92 bits per heavy atom. The molecule has 1 aromatic carbocycles. The summed E-state index contributed by atoms with van der Waals surface area (Å²) in [6, 6.07) is 8.36. The van der Waals surface area contributed by atoms with Crippen molar-refractivity contribution in [3.8, 4) is 0 Å².